The van der Waals surface area contributed by atoms with Crippen LogP contribution in [0.25, 0.3) is 11.1 Å². The first-order valence-corrected chi connectivity index (χ1v) is 16.3. The van der Waals surface area contributed by atoms with Gasteiger partial charge in [0.15, 0.2) is 0 Å². The highest BCUT2D eigenvalue weighted by atomic mass is 32.2. The summed E-state index contributed by atoms with van der Waals surface area (Å²) in [6.07, 6.45) is 10.0. The smallest absolute Gasteiger partial charge is 0.359 e. The second-order valence-corrected chi connectivity index (χ2v) is 12.0. The number of rotatable bonds is 12. The van der Waals surface area contributed by atoms with Gasteiger partial charge >= 0.3 is 11.9 Å². The molecule has 10 nitrogen and oxygen atoms in total. The second-order valence-electron chi connectivity index (χ2n) is 8.76. The van der Waals surface area contributed by atoms with Crippen LogP contribution in [0.15, 0.2) is 22.2 Å². The number of carbonyl (C=O) groups excluding carboxylic acids is 2. The van der Waals surface area contributed by atoms with Crippen molar-refractivity contribution < 1.29 is 19.3 Å². The molecule has 0 bridgehead atoms. The summed E-state index contributed by atoms with van der Waals surface area (Å²) in [6.45, 7) is 5.99. The third kappa shape index (κ3) is 8.09. The highest BCUT2D eigenvalue weighted by molar-refractivity contribution is 7.99. The van der Waals surface area contributed by atoms with E-state index in [-0.39, 0.29) is 0 Å². The lowest BCUT2D eigenvalue weighted by Crippen LogP contribution is -2.39. The van der Waals surface area contributed by atoms with E-state index in [0.717, 1.165) is 69.8 Å². The molecule has 2 aliphatic heterocycles. The summed E-state index contributed by atoms with van der Waals surface area (Å²) < 4.78 is 17.8. The Hall–Kier alpha value is -1.84. The van der Waals surface area contributed by atoms with E-state index in [1.54, 1.807) is 23.5 Å². The number of thioether (sulfide) groups is 2. The van der Waals surface area contributed by atoms with Gasteiger partial charge in [-0.15, -0.1) is 33.7 Å². The minimum atomic E-state index is -1.04. The number of hydrogen-bond acceptors (Lipinski definition) is 14. The average Bonchev–Trinajstić information content (AvgIpc) is 3.59. The first kappa shape index (κ1) is 29.2. The predicted octanol–water partition coefficient (Wildman–Crippen LogP) is 4.97. The fraction of sp³-hybridized carbons (Fsp3) is 0.583. The molecule has 0 aliphatic carbocycles. The van der Waals surface area contributed by atoms with E-state index in [9.17, 15) is 9.59 Å². The molecular weight excluding hydrogens is 565 g/mol. The molecule has 0 atom stereocenters. The number of hydroxylamine groups is 4. The zero-order valence-corrected chi connectivity index (χ0v) is 24.9. The van der Waals surface area contributed by atoms with E-state index in [1.165, 1.54) is 33.6 Å². The standard InChI is InChI=1S/C24H32N6O4S4/c1-3-5-13-35-21-19(25-37-27-21)17-9-7-11-29(15-17)33-23(31)24(32)34-30-12-8-10-18(16-30)20-22(28-38-26-20)36-14-6-4-2/h9-10H,3-8,11-16H2,1-2H3. The molecule has 4 heterocycles. The van der Waals surface area contributed by atoms with Crippen molar-refractivity contribution in [2.75, 3.05) is 37.7 Å². The molecule has 0 fully saturated rings. The van der Waals surface area contributed by atoms with E-state index < -0.39 is 11.9 Å². The number of nitrogens with zero attached hydrogens (tertiary/aromatic N) is 6. The molecule has 0 unspecified atom stereocenters. The van der Waals surface area contributed by atoms with Gasteiger partial charge in [0.1, 0.15) is 21.4 Å². The van der Waals surface area contributed by atoms with Crippen LogP contribution in [0.3, 0.4) is 0 Å². The molecule has 38 heavy (non-hydrogen) atoms. The topological polar surface area (TPSA) is 111 Å². The summed E-state index contributed by atoms with van der Waals surface area (Å²) in [5.74, 6) is -0.110. The molecular formula is C24H32N6O4S4. The number of carbonyl (C=O) groups is 2. The maximum atomic E-state index is 12.6. The van der Waals surface area contributed by atoms with Gasteiger partial charge in [0.05, 0.1) is 36.5 Å². The molecule has 206 valence electrons. The maximum absolute atomic E-state index is 12.6. The second kappa shape index (κ2) is 15.1. The SMILES string of the molecule is CCCCSc1nsnc1C1=CCCN(OC(=O)C(=O)ON2CCC=C(c3nsnc3SCCCC)C2)C1. The Balaban J connectivity index is 1.28. The highest BCUT2D eigenvalue weighted by Crippen LogP contribution is 2.31. The van der Waals surface area contributed by atoms with E-state index in [0.29, 0.717) is 39.0 Å². The van der Waals surface area contributed by atoms with Crippen molar-refractivity contribution in [3.8, 4) is 0 Å². The summed E-state index contributed by atoms with van der Waals surface area (Å²) in [7, 11) is 0. The molecule has 0 N–H and O–H groups in total. The van der Waals surface area contributed by atoms with Crippen LogP contribution in [0.5, 0.6) is 0 Å². The van der Waals surface area contributed by atoms with Crippen molar-refractivity contribution >= 4 is 70.1 Å². The Morgan fingerprint density at radius 3 is 1.66 bits per heavy atom. The average molecular weight is 597 g/mol. The van der Waals surface area contributed by atoms with Crippen LogP contribution in [0.4, 0.5) is 0 Å². The van der Waals surface area contributed by atoms with Crippen LogP contribution >= 0.6 is 47.0 Å². The van der Waals surface area contributed by atoms with Gasteiger partial charge in [-0.25, -0.2) is 9.59 Å². The minimum absolute atomic E-state index is 0.345. The number of hydrogen-bond donors (Lipinski definition) is 0. The maximum Gasteiger partial charge on any atom is 0.438 e. The molecule has 0 spiro atoms. The summed E-state index contributed by atoms with van der Waals surface area (Å²) >= 11 is 5.75. The molecule has 0 amide bonds. The van der Waals surface area contributed by atoms with Crippen LogP contribution in [-0.4, -0.2) is 77.2 Å². The van der Waals surface area contributed by atoms with Gasteiger partial charge < -0.3 is 9.68 Å². The summed E-state index contributed by atoms with van der Waals surface area (Å²) in [5, 5.41) is 4.78. The Morgan fingerprint density at radius 1 is 0.789 bits per heavy atom. The zero-order chi connectivity index (χ0) is 26.7. The molecule has 2 aromatic heterocycles. The van der Waals surface area contributed by atoms with Gasteiger partial charge in [0.2, 0.25) is 0 Å². The predicted molar refractivity (Wildman–Crippen MR) is 152 cm³/mol. The lowest BCUT2D eigenvalue weighted by atomic mass is 10.1. The normalized spacial score (nSPS) is 16.7. The van der Waals surface area contributed by atoms with Gasteiger partial charge in [-0.1, -0.05) is 38.8 Å². The summed E-state index contributed by atoms with van der Waals surface area (Å²) in [6, 6.07) is 0. The van der Waals surface area contributed by atoms with Gasteiger partial charge in [0.25, 0.3) is 0 Å². The summed E-state index contributed by atoms with van der Waals surface area (Å²) in [5.41, 5.74) is 3.55. The van der Waals surface area contributed by atoms with E-state index in [1.807, 2.05) is 0 Å². The molecule has 4 rings (SSSR count). The monoisotopic (exact) mass is 596 g/mol. The van der Waals surface area contributed by atoms with Crippen LogP contribution in [0.1, 0.15) is 63.8 Å². The lowest BCUT2D eigenvalue weighted by Gasteiger charge is -2.27. The van der Waals surface area contributed by atoms with Crippen molar-refractivity contribution in [3.05, 3.63) is 23.5 Å². The fourth-order valence-electron chi connectivity index (χ4n) is 3.81. The van der Waals surface area contributed by atoms with Crippen molar-refractivity contribution in [2.45, 2.75) is 62.4 Å². The first-order valence-electron chi connectivity index (χ1n) is 12.8. The van der Waals surface area contributed by atoms with E-state index in [2.05, 4.69) is 43.5 Å². The van der Waals surface area contributed by atoms with Crippen molar-refractivity contribution in [1.82, 2.24) is 27.6 Å². The highest BCUT2D eigenvalue weighted by Gasteiger charge is 2.29. The van der Waals surface area contributed by atoms with Crippen molar-refractivity contribution in [1.29, 1.82) is 0 Å². The van der Waals surface area contributed by atoms with Crippen LogP contribution < -0.4 is 0 Å². The number of unbranched alkanes of at least 4 members (excludes halogenated alkanes) is 2. The van der Waals surface area contributed by atoms with E-state index in [4.69, 9.17) is 9.68 Å². The van der Waals surface area contributed by atoms with Crippen LogP contribution in [-0.2, 0) is 19.3 Å². The Morgan fingerprint density at radius 2 is 1.24 bits per heavy atom. The van der Waals surface area contributed by atoms with Crippen molar-refractivity contribution in [3.63, 3.8) is 0 Å². The Kier molecular flexibility index (Phi) is 11.6. The molecule has 2 aliphatic rings. The van der Waals surface area contributed by atoms with Crippen LogP contribution in [0.2, 0.25) is 0 Å². The van der Waals surface area contributed by atoms with E-state index >= 15 is 0 Å². The zero-order valence-electron chi connectivity index (χ0n) is 21.6. The van der Waals surface area contributed by atoms with Crippen molar-refractivity contribution in [2.24, 2.45) is 0 Å². The lowest BCUT2D eigenvalue weighted by molar-refractivity contribution is -0.215. The quantitative estimate of drug-likeness (QED) is 0.187. The number of aromatic nitrogens is 4. The van der Waals surface area contributed by atoms with Gasteiger partial charge in [-0.3, -0.25) is 0 Å². The summed E-state index contributed by atoms with van der Waals surface area (Å²) in [4.78, 5) is 35.9. The molecule has 0 aromatic carbocycles. The Bertz CT molecular complexity index is 1060. The van der Waals surface area contributed by atoms with Gasteiger partial charge in [-0.05, 0) is 48.3 Å². The first-order chi connectivity index (χ1) is 18.6. The molecule has 2 aromatic rings. The van der Waals surface area contributed by atoms with Gasteiger partial charge in [-0.2, -0.15) is 17.5 Å². The molecule has 14 heteroatoms. The third-order valence-electron chi connectivity index (χ3n) is 5.82. The fourth-order valence-corrected chi connectivity index (χ4v) is 7.40. The van der Waals surface area contributed by atoms with Gasteiger partial charge in [0, 0.05) is 13.1 Å². The van der Waals surface area contributed by atoms with Crippen LogP contribution in [0, 0.1) is 0 Å². The molecule has 0 radical (unpaired) electrons. The molecule has 0 saturated carbocycles. The molecule has 0 saturated heterocycles. The minimum Gasteiger partial charge on any atom is -0.359 e. The largest absolute Gasteiger partial charge is 0.438 e. The third-order valence-corrected chi connectivity index (χ3v) is 9.21. The Labute approximate surface area is 239 Å².